The van der Waals surface area contributed by atoms with Gasteiger partial charge in [-0.3, -0.25) is 4.90 Å². The second-order valence-electron chi connectivity index (χ2n) is 4.07. The first-order valence-electron chi connectivity index (χ1n) is 5.25. The summed E-state index contributed by atoms with van der Waals surface area (Å²) in [6, 6.07) is 0.107. The molecule has 0 aromatic carbocycles. The zero-order valence-corrected chi connectivity index (χ0v) is 9.40. The van der Waals surface area contributed by atoms with Crippen LogP contribution in [0.2, 0.25) is 0 Å². The summed E-state index contributed by atoms with van der Waals surface area (Å²) < 4.78 is 10.8. The van der Waals surface area contributed by atoms with Gasteiger partial charge in [0.05, 0.1) is 18.8 Å². The number of hydrogen-bond acceptors (Lipinski definition) is 4. The summed E-state index contributed by atoms with van der Waals surface area (Å²) in [5.74, 6) is 0. The van der Waals surface area contributed by atoms with E-state index in [-0.39, 0.29) is 18.2 Å². The lowest BCUT2D eigenvalue weighted by Crippen LogP contribution is -2.51. The number of morpholine rings is 1. The number of nitrogens with two attached hydrogens (primary N) is 1. The Bertz CT molecular complexity index is 164. The van der Waals surface area contributed by atoms with E-state index in [1.807, 2.05) is 6.92 Å². The lowest BCUT2D eigenvalue weighted by atomic mass is 10.1. The smallest absolute Gasteiger partial charge is 0.0850 e. The Morgan fingerprint density at radius 3 is 2.86 bits per heavy atom. The summed E-state index contributed by atoms with van der Waals surface area (Å²) in [7, 11) is 1.74. The van der Waals surface area contributed by atoms with Crippen LogP contribution in [-0.2, 0) is 9.47 Å². The van der Waals surface area contributed by atoms with Crippen molar-refractivity contribution in [2.45, 2.75) is 32.1 Å². The van der Waals surface area contributed by atoms with Crippen molar-refractivity contribution in [2.24, 2.45) is 5.73 Å². The lowest BCUT2D eigenvalue weighted by molar-refractivity contribution is -0.0505. The van der Waals surface area contributed by atoms with Gasteiger partial charge in [0.2, 0.25) is 0 Å². The van der Waals surface area contributed by atoms with Gasteiger partial charge in [0.25, 0.3) is 0 Å². The number of hydrogen-bond donors (Lipinski definition) is 1. The van der Waals surface area contributed by atoms with E-state index < -0.39 is 0 Å². The molecule has 0 saturated carbocycles. The molecule has 0 spiro atoms. The highest BCUT2D eigenvalue weighted by molar-refractivity contribution is 4.78. The van der Waals surface area contributed by atoms with Gasteiger partial charge in [0.1, 0.15) is 0 Å². The second kappa shape index (κ2) is 5.66. The predicted octanol–water partition coefficient (Wildman–Crippen LogP) is 0.0693. The van der Waals surface area contributed by atoms with E-state index in [4.69, 9.17) is 15.2 Å². The summed E-state index contributed by atoms with van der Waals surface area (Å²) in [5.41, 5.74) is 5.81. The van der Waals surface area contributed by atoms with Crippen molar-refractivity contribution in [1.82, 2.24) is 4.90 Å². The van der Waals surface area contributed by atoms with E-state index in [1.165, 1.54) is 0 Å². The Kier molecular flexibility index (Phi) is 4.81. The summed E-state index contributed by atoms with van der Waals surface area (Å²) >= 11 is 0. The van der Waals surface area contributed by atoms with Crippen LogP contribution in [0.25, 0.3) is 0 Å². The Morgan fingerprint density at radius 2 is 2.29 bits per heavy atom. The quantitative estimate of drug-likeness (QED) is 0.701. The highest BCUT2D eigenvalue weighted by atomic mass is 16.5. The van der Waals surface area contributed by atoms with Crippen LogP contribution in [0.4, 0.5) is 0 Å². The fraction of sp³-hybridized carbons (Fsp3) is 1.00. The third-order valence-electron chi connectivity index (χ3n) is 2.68. The first-order chi connectivity index (χ1) is 6.63. The normalized spacial score (nSPS) is 28.7. The van der Waals surface area contributed by atoms with Crippen LogP contribution in [0.3, 0.4) is 0 Å². The molecule has 2 N–H and O–H groups in total. The van der Waals surface area contributed by atoms with Crippen LogP contribution >= 0.6 is 0 Å². The number of nitrogens with zero attached hydrogens (tertiary/aromatic N) is 1. The molecule has 0 aromatic heterocycles. The summed E-state index contributed by atoms with van der Waals surface area (Å²) in [4.78, 5) is 2.35. The van der Waals surface area contributed by atoms with Gasteiger partial charge in [-0.15, -0.1) is 0 Å². The van der Waals surface area contributed by atoms with Gasteiger partial charge >= 0.3 is 0 Å². The molecule has 1 fully saturated rings. The molecule has 0 bridgehead atoms. The van der Waals surface area contributed by atoms with Crippen molar-refractivity contribution in [3.63, 3.8) is 0 Å². The van der Waals surface area contributed by atoms with Gasteiger partial charge < -0.3 is 15.2 Å². The number of ether oxygens (including phenoxy) is 2. The fourth-order valence-electron chi connectivity index (χ4n) is 1.65. The second-order valence-corrected chi connectivity index (χ2v) is 4.07. The van der Waals surface area contributed by atoms with Gasteiger partial charge in [-0.2, -0.15) is 0 Å². The minimum atomic E-state index is 0.107. The Hall–Kier alpha value is -0.160. The Balaban J connectivity index is 2.32. The maximum atomic E-state index is 5.81. The van der Waals surface area contributed by atoms with Gasteiger partial charge in [0.15, 0.2) is 0 Å². The van der Waals surface area contributed by atoms with Crippen LogP contribution in [0.15, 0.2) is 0 Å². The highest BCUT2D eigenvalue weighted by Crippen LogP contribution is 2.08. The maximum absolute atomic E-state index is 5.81. The molecule has 0 amide bonds. The van der Waals surface area contributed by atoms with E-state index >= 15 is 0 Å². The fourth-order valence-corrected chi connectivity index (χ4v) is 1.65. The Morgan fingerprint density at radius 1 is 1.57 bits per heavy atom. The summed E-state index contributed by atoms with van der Waals surface area (Å²) in [5, 5.41) is 0. The van der Waals surface area contributed by atoms with Crippen molar-refractivity contribution >= 4 is 0 Å². The monoisotopic (exact) mass is 202 g/mol. The van der Waals surface area contributed by atoms with E-state index in [9.17, 15) is 0 Å². The van der Waals surface area contributed by atoms with Crippen LogP contribution < -0.4 is 5.73 Å². The van der Waals surface area contributed by atoms with Crippen LogP contribution in [0.1, 0.15) is 13.8 Å². The van der Waals surface area contributed by atoms with Crippen LogP contribution in [0, 0.1) is 0 Å². The molecule has 0 aliphatic carbocycles. The van der Waals surface area contributed by atoms with Crippen LogP contribution in [-0.4, -0.2) is 56.5 Å². The minimum absolute atomic E-state index is 0.107. The standard InChI is InChI=1S/C10H22N2O2/c1-8(13-3)6-12-4-5-14-10(7-12)9(2)11/h8-10H,4-7,11H2,1-3H3. The molecule has 4 heteroatoms. The first kappa shape index (κ1) is 11.9. The van der Waals surface area contributed by atoms with Gasteiger partial charge in [0, 0.05) is 32.8 Å². The lowest BCUT2D eigenvalue weighted by Gasteiger charge is -2.35. The highest BCUT2D eigenvalue weighted by Gasteiger charge is 2.23. The molecule has 14 heavy (non-hydrogen) atoms. The van der Waals surface area contributed by atoms with Crippen LogP contribution in [0.5, 0.6) is 0 Å². The van der Waals surface area contributed by atoms with Gasteiger partial charge in [-0.05, 0) is 13.8 Å². The molecular weight excluding hydrogens is 180 g/mol. The van der Waals surface area contributed by atoms with Gasteiger partial charge in [-0.25, -0.2) is 0 Å². The van der Waals surface area contributed by atoms with E-state index in [2.05, 4.69) is 11.8 Å². The van der Waals surface area contributed by atoms with Crippen molar-refractivity contribution in [3.05, 3.63) is 0 Å². The number of rotatable bonds is 4. The average molecular weight is 202 g/mol. The molecule has 1 aliphatic rings. The van der Waals surface area contributed by atoms with Crippen molar-refractivity contribution < 1.29 is 9.47 Å². The maximum Gasteiger partial charge on any atom is 0.0850 e. The molecule has 0 radical (unpaired) electrons. The van der Waals surface area contributed by atoms with E-state index in [1.54, 1.807) is 7.11 Å². The molecule has 1 rings (SSSR count). The SMILES string of the molecule is COC(C)CN1CCOC(C(C)N)C1. The topological polar surface area (TPSA) is 47.7 Å². The van der Waals surface area contributed by atoms with Crippen molar-refractivity contribution in [2.75, 3.05) is 33.4 Å². The van der Waals surface area contributed by atoms with Gasteiger partial charge in [-0.1, -0.05) is 0 Å². The molecule has 84 valence electrons. The number of methoxy groups -OCH3 is 1. The molecule has 3 unspecified atom stereocenters. The predicted molar refractivity (Wildman–Crippen MR) is 56.3 cm³/mol. The third kappa shape index (κ3) is 3.53. The third-order valence-corrected chi connectivity index (χ3v) is 2.68. The minimum Gasteiger partial charge on any atom is -0.380 e. The van der Waals surface area contributed by atoms with E-state index in [0.717, 1.165) is 26.2 Å². The molecule has 0 aromatic rings. The molecule has 4 nitrogen and oxygen atoms in total. The Labute approximate surface area is 86.3 Å². The van der Waals surface area contributed by atoms with Crippen molar-refractivity contribution in [3.8, 4) is 0 Å². The zero-order valence-electron chi connectivity index (χ0n) is 9.40. The van der Waals surface area contributed by atoms with E-state index in [0.29, 0.717) is 0 Å². The summed E-state index contributed by atoms with van der Waals surface area (Å²) in [6.07, 6.45) is 0.453. The molecule has 1 aliphatic heterocycles. The van der Waals surface area contributed by atoms with Crippen molar-refractivity contribution in [1.29, 1.82) is 0 Å². The summed E-state index contributed by atoms with van der Waals surface area (Å²) in [6.45, 7) is 7.72. The average Bonchev–Trinajstić information content (AvgIpc) is 2.18. The largest absolute Gasteiger partial charge is 0.380 e. The molecule has 3 atom stereocenters. The molecule has 1 saturated heterocycles. The first-order valence-corrected chi connectivity index (χ1v) is 5.25. The molecular formula is C10H22N2O2. The molecule has 1 heterocycles. The zero-order chi connectivity index (χ0) is 10.6.